The van der Waals surface area contributed by atoms with Gasteiger partial charge in [-0.1, -0.05) is 24.3 Å². The van der Waals surface area contributed by atoms with Gasteiger partial charge in [-0.15, -0.1) is 0 Å². The number of aromatic nitrogens is 2. The van der Waals surface area contributed by atoms with Crippen LogP contribution in [0, 0.1) is 12.3 Å². The summed E-state index contributed by atoms with van der Waals surface area (Å²) in [6.45, 7) is 3.59. The summed E-state index contributed by atoms with van der Waals surface area (Å²) in [6, 6.07) is 10.2. The van der Waals surface area contributed by atoms with E-state index in [0.717, 1.165) is 25.2 Å². The summed E-state index contributed by atoms with van der Waals surface area (Å²) in [4.78, 5) is 11.0. The molecular weight excluding hydrogens is 250 g/mol. The standard InChI is InChI=1S/C15H17N5/c1-10-8-13(14(16)17)19-15(18-10)20-7-6-11-4-2-3-5-12(11)9-20/h2-5,8H,6-7,9H2,1H3,(H3,16,17). The number of nitrogens with one attached hydrogen (secondary N) is 1. The zero-order chi connectivity index (χ0) is 14.1. The van der Waals surface area contributed by atoms with Gasteiger partial charge in [0.15, 0.2) is 0 Å². The lowest BCUT2D eigenvalue weighted by atomic mass is 10.0. The fourth-order valence-electron chi connectivity index (χ4n) is 2.50. The van der Waals surface area contributed by atoms with E-state index in [-0.39, 0.29) is 5.84 Å². The summed E-state index contributed by atoms with van der Waals surface area (Å²) in [5.41, 5.74) is 9.56. The Morgan fingerprint density at radius 3 is 2.75 bits per heavy atom. The van der Waals surface area contributed by atoms with E-state index >= 15 is 0 Å². The first kappa shape index (κ1) is 12.6. The van der Waals surface area contributed by atoms with E-state index in [4.69, 9.17) is 11.1 Å². The fraction of sp³-hybridized carbons (Fsp3) is 0.267. The molecule has 3 rings (SSSR count). The second-order valence-electron chi connectivity index (χ2n) is 5.05. The monoisotopic (exact) mass is 267 g/mol. The van der Waals surface area contributed by atoms with Gasteiger partial charge < -0.3 is 10.6 Å². The van der Waals surface area contributed by atoms with Gasteiger partial charge in [0.1, 0.15) is 11.5 Å². The number of nitrogens with two attached hydrogens (primary N) is 1. The van der Waals surface area contributed by atoms with Crippen LogP contribution in [0.2, 0.25) is 0 Å². The number of amidine groups is 1. The molecule has 0 atom stereocenters. The molecule has 0 radical (unpaired) electrons. The molecule has 1 aliphatic heterocycles. The Kier molecular flexibility index (Phi) is 3.10. The molecule has 20 heavy (non-hydrogen) atoms. The maximum Gasteiger partial charge on any atom is 0.226 e. The molecule has 3 N–H and O–H groups in total. The third-order valence-electron chi connectivity index (χ3n) is 3.53. The Labute approximate surface area is 118 Å². The molecule has 5 nitrogen and oxygen atoms in total. The summed E-state index contributed by atoms with van der Waals surface area (Å²) in [6.07, 6.45) is 0.989. The van der Waals surface area contributed by atoms with Gasteiger partial charge in [0, 0.05) is 18.8 Å². The van der Waals surface area contributed by atoms with Crippen LogP contribution in [0.3, 0.4) is 0 Å². The number of nitrogen functional groups attached to an aromatic ring is 1. The Balaban J connectivity index is 1.93. The van der Waals surface area contributed by atoms with E-state index in [1.54, 1.807) is 6.07 Å². The van der Waals surface area contributed by atoms with E-state index in [1.807, 2.05) is 6.92 Å². The number of hydrogen-bond acceptors (Lipinski definition) is 4. The predicted molar refractivity (Wildman–Crippen MR) is 79.0 cm³/mol. The molecule has 0 spiro atoms. The highest BCUT2D eigenvalue weighted by Crippen LogP contribution is 2.22. The zero-order valence-electron chi connectivity index (χ0n) is 11.4. The van der Waals surface area contributed by atoms with Crippen LogP contribution in [0.25, 0.3) is 0 Å². The lowest BCUT2D eigenvalue weighted by molar-refractivity contribution is 0.705. The van der Waals surface area contributed by atoms with Gasteiger partial charge in [0.05, 0.1) is 0 Å². The minimum absolute atomic E-state index is 0.0193. The second kappa shape index (κ2) is 4.92. The van der Waals surface area contributed by atoms with Crippen LogP contribution in [-0.4, -0.2) is 22.3 Å². The van der Waals surface area contributed by atoms with E-state index in [9.17, 15) is 0 Å². The Hall–Kier alpha value is -2.43. The molecule has 102 valence electrons. The number of rotatable bonds is 2. The van der Waals surface area contributed by atoms with Crippen LogP contribution in [0.1, 0.15) is 22.5 Å². The Morgan fingerprint density at radius 2 is 2.00 bits per heavy atom. The van der Waals surface area contributed by atoms with Crippen molar-refractivity contribution in [3.05, 3.63) is 52.8 Å². The lowest BCUT2D eigenvalue weighted by Gasteiger charge is -2.29. The van der Waals surface area contributed by atoms with Crippen LogP contribution in [0.4, 0.5) is 5.95 Å². The first-order chi connectivity index (χ1) is 9.63. The summed E-state index contributed by atoms with van der Waals surface area (Å²) >= 11 is 0. The number of aryl methyl sites for hydroxylation is 1. The van der Waals surface area contributed by atoms with Crippen LogP contribution < -0.4 is 10.6 Å². The normalized spacial score (nSPS) is 13.9. The Morgan fingerprint density at radius 1 is 1.25 bits per heavy atom. The molecule has 0 bridgehead atoms. The second-order valence-corrected chi connectivity index (χ2v) is 5.05. The maximum atomic E-state index is 7.53. The number of hydrogen-bond donors (Lipinski definition) is 2. The van der Waals surface area contributed by atoms with E-state index < -0.39 is 0 Å². The summed E-state index contributed by atoms with van der Waals surface area (Å²) in [5, 5.41) is 7.53. The number of fused-ring (bicyclic) bond motifs is 1. The van der Waals surface area contributed by atoms with Crippen molar-refractivity contribution in [3.8, 4) is 0 Å². The number of benzene rings is 1. The summed E-state index contributed by atoms with van der Waals surface area (Å²) < 4.78 is 0. The molecule has 0 saturated heterocycles. The van der Waals surface area contributed by atoms with Gasteiger partial charge in [-0.25, -0.2) is 9.97 Å². The van der Waals surface area contributed by atoms with Crippen molar-refractivity contribution < 1.29 is 0 Å². The van der Waals surface area contributed by atoms with Crippen molar-refractivity contribution in [1.29, 1.82) is 5.41 Å². The molecule has 5 heteroatoms. The van der Waals surface area contributed by atoms with Gasteiger partial charge in [0.2, 0.25) is 5.95 Å². The molecule has 0 unspecified atom stereocenters. The average Bonchev–Trinajstić information content (AvgIpc) is 2.46. The molecule has 1 aromatic carbocycles. The molecule has 0 aliphatic carbocycles. The fourth-order valence-corrected chi connectivity index (χ4v) is 2.50. The third-order valence-corrected chi connectivity index (χ3v) is 3.53. The minimum atomic E-state index is -0.0193. The molecule has 0 saturated carbocycles. The van der Waals surface area contributed by atoms with Crippen molar-refractivity contribution in [2.75, 3.05) is 11.4 Å². The van der Waals surface area contributed by atoms with E-state index in [1.165, 1.54) is 11.1 Å². The van der Waals surface area contributed by atoms with Crippen molar-refractivity contribution in [2.45, 2.75) is 19.9 Å². The maximum absolute atomic E-state index is 7.53. The van der Waals surface area contributed by atoms with Crippen molar-refractivity contribution in [1.82, 2.24) is 9.97 Å². The smallest absolute Gasteiger partial charge is 0.226 e. The lowest BCUT2D eigenvalue weighted by Crippen LogP contribution is -2.32. The predicted octanol–water partition coefficient (Wildman–Crippen LogP) is 1.63. The first-order valence-electron chi connectivity index (χ1n) is 6.65. The van der Waals surface area contributed by atoms with Crippen molar-refractivity contribution in [3.63, 3.8) is 0 Å². The zero-order valence-corrected chi connectivity index (χ0v) is 11.4. The first-order valence-corrected chi connectivity index (χ1v) is 6.65. The van der Waals surface area contributed by atoms with Gasteiger partial charge in [-0.3, -0.25) is 5.41 Å². The van der Waals surface area contributed by atoms with Crippen molar-refractivity contribution in [2.24, 2.45) is 5.73 Å². The molecule has 0 amide bonds. The number of nitrogens with zero attached hydrogens (tertiary/aromatic N) is 3. The molecule has 1 aromatic heterocycles. The van der Waals surface area contributed by atoms with E-state index in [2.05, 4.69) is 39.1 Å². The molecule has 2 heterocycles. The minimum Gasteiger partial charge on any atom is -0.382 e. The number of anilines is 1. The van der Waals surface area contributed by atoms with Gasteiger partial charge in [-0.05, 0) is 30.5 Å². The highest BCUT2D eigenvalue weighted by atomic mass is 15.3. The average molecular weight is 267 g/mol. The van der Waals surface area contributed by atoms with Gasteiger partial charge >= 0.3 is 0 Å². The SMILES string of the molecule is Cc1cc(C(=N)N)nc(N2CCc3ccccc3C2)n1. The van der Waals surface area contributed by atoms with Crippen LogP contribution in [0.15, 0.2) is 30.3 Å². The largest absolute Gasteiger partial charge is 0.382 e. The quantitative estimate of drug-likeness (QED) is 0.640. The van der Waals surface area contributed by atoms with Crippen LogP contribution in [0.5, 0.6) is 0 Å². The third kappa shape index (κ3) is 2.34. The highest BCUT2D eigenvalue weighted by molar-refractivity contribution is 5.93. The molecule has 1 aliphatic rings. The molecular formula is C15H17N5. The molecule has 0 fully saturated rings. The van der Waals surface area contributed by atoms with E-state index in [0.29, 0.717) is 11.6 Å². The van der Waals surface area contributed by atoms with Crippen LogP contribution >= 0.6 is 0 Å². The summed E-state index contributed by atoms with van der Waals surface area (Å²) in [5.74, 6) is 0.638. The van der Waals surface area contributed by atoms with Gasteiger partial charge in [-0.2, -0.15) is 0 Å². The topological polar surface area (TPSA) is 78.9 Å². The molecule has 2 aromatic rings. The highest BCUT2D eigenvalue weighted by Gasteiger charge is 2.19. The van der Waals surface area contributed by atoms with Crippen molar-refractivity contribution >= 4 is 11.8 Å². The van der Waals surface area contributed by atoms with Gasteiger partial charge in [0.25, 0.3) is 0 Å². The summed E-state index contributed by atoms with van der Waals surface area (Å²) in [7, 11) is 0. The Bertz CT molecular complexity index is 665. The van der Waals surface area contributed by atoms with Crippen LogP contribution in [-0.2, 0) is 13.0 Å².